The largest absolute Gasteiger partial charge is 0.464 e. The summed E-state index contributed by atoms with van der Waals surface area (Å²) >= 11 is 0. The maximum Gasteiger partial charge on any atom is 0.411 e. The zero-order valence-electron chi connectivity index (χ0n) is 12.5. The van der Waals surface area contributed by atoms with Gasteiger partial charge in [0.2, 0.25) is 0 Å². The second-order valence-electron chi connectivity index (χ2n) is 6.44. The molecule has 4 atom stereocenters. The van der Waals surface area contributed by atoms with Crippen LogP contribution in [0, 0.1) is 5.92 Å². The summed E-state index contributed by atoms with van der Waals surface area (Å²) in [7, 11) is 0. The number of hydrogen-bond donors (Lipinski definition) is 1. The van der Waals surface area contributed by atoms with Gasteiger partial charge in [0.15, 0.2) is 0 Å². The van der Waals surface area contributed by atoms with Crippen molar-refractivity contribution in [2.75, 3.05) is 6.61 Å². The van der Waals surface area contributed by atoms with Crippen LogP contribution >= 0.6 is 0 Å². The first kappa shape index (κ1) is 15.1. The minimum absolute atomic E-state index is 0.140. The number of nitrogens with zero attached hydrogens (tertiary/aromatic N) is 1. The van der Waals surface area contributed by atoms with Crippen molar-refractivity contribution in [1.82, 2.24) is 4.90 Å². The molecule has 1 aliphatic carbocycles. The van der Waals surface area contributed by atoms with E-state index in [1.165, 1.54) is 4.90 Å². The maximum atomic E-state index is 12.3. The van der Waals surface area contributed by atoms with E-state index in [1.54, 1.807) is 27.7 Å². The maximum absolute atomic E-state index is 12.3. The smallest absolute Gasteiger partial charge is 0.411 e. The summed E-state index contributed by atoms with van der Waals surface area (Å²) in [6.07, 6.45) is 0.0759. The molecule has 1 unspecified atom stereocenters. The Bertz CT molecular complexity index is 403. The van der Waals surface area contributed by atoms with Gasteiger partial charge >= 0.3 is 12.1 Å². The first-order valence-corrected chi connectivity index (χ1v) is 7.10. The van der Waals surface area contributed by atoms with Gasteiger partial charge in [0.25, 0.3) is 0 Å². The van der Waals surface area contributed by atoms with Crippen molar-refractivity contribution in [3.8, 4) is 0 Å². The Hall–Kier alpha value is -1.30. The van der Waals surface area contributed by atoms with Crippen molar-refractivity contribution in [3.63, 3.8) is 0 Å². The average molecular weight is 285 g/mol. The quantitative estimate of drug-likeness (QED) is 0.774. The highest BCUT2D eigenvalue weighted by atomic mass is 16.6. The molecule has 2 rings (SSSR count). The Kier molecular flexibility index (Phi) is 3.95. The van der Waals surface area contributed by atoms with E-state index in [0.29, 0.717) is 12.8 Å². The van der Waals surface area contributed by atoms with Gasteiger partial charge in [-0.25, -0.2) is 9.59 Å². The van der Waals surface area contributed by atoms with E-state index in [1.807, 2.05) is 0 Å². The third-order valence-electron chi connectivity index (χ3n) is 3.78. The fourth-order valence-corrected chi connectivity index (χ4v) is 3.11. The van der Waals surface area contributed by atoms with E-state index < -0.39 is 29.8 Å². The molecular formula is C14H23NO5. The fraction of sp³-hybridized carbons (Fsp3) is 0.857. The molecule has 0 radical (unpaired) electrons. The van der Waals surface area contributed by atoms with Gasteiger partial charge in [-0.15, -0.1) is 0 Å². The van der Waals surface area contributed by atoms with Crippen molar-refractivity contribution >= 4 is 12.1 Å². The number of esters is 1. The molecule has 2 aliphatic rings. The minimum atomic E-state index is -0.724. The Morgan fingerprint density at radius 2 is 1.95 bits per heavy atom. The second-order valence-corrected chi connectivity index (χ2v) is 6.44. The highest BCUT2D eigenvalue weighted by Crippen LogP contribution is 2.43. The average Bonchev–Trinajstić information content (AvgIpc) is 2.82. The Morgan fingerprint density at radius 3 is 2.50 bits per heavy atom. The van der Waals surface area contributed by atoms with E-state index in [0.717, 1.165) is 0 Å². The lowest BCUT2D eigenvalue weighted by atomic mass is 9.96. The molecule has 0 aromatic heterocycles. The number of ether oxygens (including phenoxy) is 2. The minimum Gasteiger partial charge on any atom is -0.464 e. The van der Waals surface area contributed by atoms with Gasteiger partial charge in [-0.3, -0.25) is 4.90 Å². The Balaban J connectivity index is 2.17. The molecule has 6 heteroatoms. The number of amides is 1. The van der Waals surface area contributed by atoms with Crippen LogP contribution < -0.4 is 0 Å². The number of hydrogen-bond acceptors (Lipinski definition) is 5. The normalized spacial score (nSPS) is 32.4. The highest BCUT2D eigenvalue weighted by Gasteiger charge is 2.57. The van der Waals surface area contributed by atoms with Crippen LogP contribution in [0.25, 0.3) is 0 Å². The van der Waals surface area contributed by atoms with Crippen LogP contribution in [0.3, 0.4) is 0 Å². The summed E-state index contributed by atoms with van der Waals surface area (Å²) in [5.41, 5.74) is -0.614. The summed E-state index contributed by atoms with van der Waals surface area (Å²) in [4.78, 5) is 25.8. The number of aliphatic hydroxyl groups excluding tert-OH is 1. The fourth-order valence-electron chi connectivity index (χ4n) is 3.11. The zero-order valence-corrected chi connectivity index (χ0v) is 12.5. The Morgan fingerprint density at radius 1 is 1.30 bits per heavy atom. The van der Waals surface area contributed by atoms with Crippen molar-refractivity contribution < 1.29 is 24.2 Å². The standard InChI is InChI=1S/C14H23NO5/c1-5-19-12(17)11-9-6-8(7-10(9)16)15(11)13(18)20-14(2,3)4/h8-11,16H,5-7H2,1-4H3/t8-,9+,10?,11-/m0/s1. The topological polar surface area (TPSA) is 76.1 Å². The van der Waals surface area contributed by atoms with Crippen LogP contribution in [0.2, 0.25) is 0 Å². The summed E-state index contributed by atoms with van der Waals surface area (Å²) in [5.74, 6) is -0.698. The molecule has 6 nitrogen and oxygen atoms in total. The van der Waals surface area contributed by atoms with Gasteiger partial charge in [-0.1, -0.05) is 0 Å². The molecule has 2 bridgehead atoms. The van der Waals surface area contributed by atoms with Crippen molar-refractivity contribution in [2.24, 2.45) is 5.92 Å². The lowest BCUT2D eigenvalue weighted by molar-refractivity contribution is -0.153. The third-order valence-corrected chi connectivity index (χ3v) is 3.78. The molecule has 1 N–H and O–H groups in total. The van der Waals surface area contributed by atoms with Crippen LogP contribution in [0.15, 0.2) is 0 Å². The number of carbonyl (C=O) groups excluding carboxylic acids is 2. The number of fused-ring (bicyclic) bond motifs is 2. The van der Waals surface area contributed by atoms with Crippen LogP contribution in [-0.4, -0.2) is 52.5 Å². The monoisotopic (exact) mass is 285 g/mol. The molecule has 0 aromatic rings. The first-order chi connectivity index (χ1) is 9.24. The van der Waals surface area contributed by atoms with Gasteiger partial charge in [0, 0.05) is 12.0 Å². The van der Waals surface area contributed by atoms with E-state index in [-0.39, 0.29) is 18.6 Å². The molecule has 114 valence electrons. The molecule has 2 fully saturated rings. The lowest BCUT2D eigenvalue weighted by Gasteiger charge is -2.36. The number of likely N-dealkylation sites (tertiary alicyclic amines) is 1. The molecule has 1 heterocycles. The van der Waals surface area contributed by atoms with Gasteiger partial charge < -0.3 is 14.6 Å². The number of carbonyl (C=O) groups is 2. The second kappa shape index (κ2) is 5.24. The number of piperidine rings is 1. The van der Waals surface area contributed by atoms with Gasteiger partial charge in [-0.2, -0.15) is 0 Å². The number of aliphatic hydroxyl groups is 1. The summed E-state index contributed by atoms with van der Waals surface area (Å²) in [6.45, 7) is 7.33. The van der Waals surface area contributed by atoms with Gasteiger partial charge in [0.1, 0.15) is 11.6 Å². The first-order valence-electron chi connectivity index (χ1n) is 7.10. The van der Waals surface area contributed by atoms with Crippen molar-refractivity contribution in [1.29, 1.82) is 0 Å². The SMILES string of the molecule is CCOC(=O)[C@@H]1[C@@H]2C[C@@H](CC2O)N1C(=O)OC(C)(C)C. The molecule has 0 aromatic carbocycles. The molecule has 1 saturated carbocycles. The molecular weight excluding hydrogens is 262 g/mol. The zero-order chi connectivity index (χ0) is 15.1. The van der Waals surface area contributed by atoms with Crippen LogP contribution in [-0.2, 0) is 14.3 Å². The molecule has 1 saturated heterocycles. The third kappa shape index (κ3) is 2.75. The van der Waals surface area contributed by atoms with E-state index >= 15 is 0 Å². The molecule has 0 spiro atoms. The predicted molar refractivity (Wildman–Crippen MR) is 71.0 cm³/mol. The summed E-state index contributed by atoms with van der Waals surface area (Å²) in [6, 6.07) is -0.863. The van der Waals surface area contributed by atoms with Gasteiger partial charge in [-0.05, 0) is 40.5 Å². The van der Waals surface area contributed by atoms with E-state index in [4.69, 9.17) is 9.47 Å². The molecule has 20 heavy (non-hydrogen) atoms. The van der Waals surface area contributed by atoms with Crippen LogP contribution in [0.1, 0.15) is 40.5 Å². The van der Waals surface area contributed by atoms with Crippen LogP contribution in [0.5, 0.6) is 0 Å². The number of rotatable bonds is 2. The van der Waals surface area contributed by atoms with Crippen molar-refractivity contribution in [3.05, 3.63) is 0 Å². The molecule has 1 amide bonds. The Labute approximate surface area is 119 Å². The summed E-state index contributed by atoms with van der Waals surface area (Å²) < 4.78 is 10.4. The van der Waals surface area contributed by atoms with Crippen molar-refractivity contribution in [2.45, 2.75) is 64.3 Å². The van der Waals surface area contributed by atoms with Crippen LogP contribution in [0.4, 0.5) is 4.79 Å². The van der Waals surface area contributed by atoms with E-state index in [2.05, 4.69) is 0 Å². The summed E-state index contributed by atoms with van der Waals surface area (Å²) in [5, 5.41) is 9.95. The molecule has 1 aliphatic heterocycles. The predicted octanol–water partition coefficient (Wildman–Crippen LogP) is 1.31. The lowest BCUT2D eigenvalue weighted by Crippen LogP contribution is -2.54. The van der Waals surface area contributed by atoms with E-state index in [9.17, 15) is 14.7 Å². The van der Waals surface area contributed by atoms with Gasteiger partial charge in [0.05, 0.1) is 12.7 Å². The highest BCUT2D eigenvalue weighted by molar-refractivity contribution is 5.83.